The van der Waals surface area contributed by atoms with E-state index >= 15 is 0 Å². The van der Waals surface area contributed by atoms with Crippen molar-refractivity contribution in [1.82, 2.24) is 5.32 Å². The monoisotopic (exact) mass is 1190 g/mol. The van der Waals surface area contributed by atoms with Gasteiger partial charge in [-0.15, -0.1) is 0 Å². The fraction of sp³-hybridized carbons (Fsp3) is 0.900. The van der Waals surface area contributed by atoms with Crippen molar-refractivity contribution in [2.24, 2.45) is 59.6 Å². The lowest BCUT2D eigenvalue weighted by molar-refractivity contribution is -0.157. The molecule has 12 nitrogen and oxygen atoms in total. The van der Waals surface area contributed by atoms with Crippen LogP contribution in [0.15, 0.2) is 0 Å². The van der Waals surface area contributed by atoms with Crippen molar-refractivity contribution in [2.75, 3.05) is 13.2 Å². The molecule has 0 unspecified atom stereocenters. The minimum atomic E-state index is -0.384. The Morgan fingerprint density at radius 2 is 0.451 bits per heavy atom. The summed E-state index contributed by atoms with van der Waals surface area (Å²) in [7, 11) is 0. The van der Waals surface area contributed by atoms with Crippen LogP contribution in [0.4, 0.5) is 0 Å². The molecule has 0 radical (unpaired) electrons. The fourth-order valence-electron chi connectivity index (χ4n) is 4.56. The van der Waals surface area contributed by atoms with Crippen LogP contribution in [0.1, 0.15) is 329 Å². The predicted octanol–water partition coefficient (Wildman–Crippen LogP) is 20.9. The van der Waals surface area contributed by atoms with Crippen LogP contribution in [0.2, 0.25) is 0 Å². The molecule has 0 aromatic carbocycles. The summed E-state index contributed by atoms with van der Waals surface area (Å²) in [5.74, 6) is 0.213. The summed E-state index contributed by atoms with van der Waals surface area (Å²) in [4.78, 5) is 79.0. The van der Waals surface area contributed by atoms with Crippen LogP contribution in [0.3, 0.4) is 0 Å². The highest BCUT2D eigenvalue weighted by atomic mass is 16.6. The first kappa shape index (κ1) is 113. The zero-order valence-electron chi connectivity index (χ0n) is 57.1. The zero-order valence-corrected chi connectivity index (χ0v) is 57.1. The van der Waals surface area contributed by atoms with Crippen LogP contribution in [-0.2, 0) is 52.5 Å². The standard InChI is InChI=1S/2C10H20O2.C9H19NO.2C9H18O.2C8H16O2.7CH4/c2*1-9(2,3)7-12-8(11)10(4,5)6;1-8(2,3)7(11)10-9(4,5)6;2*1-8(2,3)7(10)9(4,5)6;2*1-6(2)10-7(9)8(3,4)5;;;;;;;/h2*7H2,1-6H3;1-6H3,(H,10,11);2*1-6H3;2*6H,1-5H3;7*1H4. The zero-order chi connectivity index (χ0) is 63.1. The molecule has 0 saturated carbocycles. The normalized spacial score (nSPS) is 11.6. The highest BCUT2D eigenvalue weighted by Gasteiger charge is 2.33. The van der Waals surface area contributed by atoms with E-state index in [1.165, 1.54) is 0 Å². The van der Waals surface area contributed by atoms with E-state index in [9.17, 15) is 33.6 Å². The molecule has 0 aliphatic rings. The van der Waals surface area contributed by atoms with E-state index < -0.39 is 0 Å². The average molecular weight is 1190 g/mol. The van der Waals surface area contributed by atoms with Gasteiger partial charge in [-0.25, -0.2) is 0 Å². The van der Waals surface area contributed by atoms with Crippen molar-refractivity contribution >= 4 is 41.4 Å². The Morgan fingerprint density at radius 3 is 0.512 bits per heavy atom. The number of ether oxygens (including phenoxy) is 4. The Morgan fingerprint density at radius 1 is 0.280 bits per heavy atom. The van der Waals surface area contributed by atoms with Gasteiger partial charge < -0.3 is 24.3 Å². The van der Waals surface area contributed by atoms with Crippen molar-refractivity contribution in [3.8, 4) is 0 Å². The highest BCUT2D eigenvalue weighted by Crippen LogP contribution is 2.29. The van der Waals surface area contributed by atoms with Gasteiger partial charge in [0.15, 0.2) is 0 Å². The van der Waals surface area contributed by atoms with Gasteiger partial charge in [0.25, 0.3) is 0 Å². The number of carbonyl (C=O) groups is 7. The molecule has 0 aliphatic carbocycles. The number of hydrogen-bond donors (Lipinski definition) is 1. The van der Waals surface area contributed by atoms with Gasteiger partial charge in [0, 0.05) is 32.6 Å². The van der Waals surface area contributed by atoms with Crippen LogP contribution in [0, 0.1) is 59.6 Å². The maximum absolute atomic E-state index is 11.5. The quantitative estimate of drug-likeness (QED) is 0.210. The number of rotatable bonds is 4. The van der Waals surface area contributed by atoms with Gasteiger partial charge in [-0.05, 0) is 142 Å². The van der Waals surface area contributed by atoms with Crippen LogP contribution in [-0.4, -0.2) is 72.3 Å². The first-order valence-electron chi connectivity index (χ1n) is 27.1. The third-order valence-electron chi connectivity index (χ3n) is 8.30. The summed E-state index contributed by atoms with van der Waals surface area (Å²) in [5, 5.41) is 2.92. The third kappa shape index (κ3) is 76.7. The van der Waals surface area contributed by atoms with Crippen molar-refractivity contribution in [1.29, 1.82) is 0 Å². The molecule has 0 spiro atoms. The molecule has 0 rings (SSSR count). The minimum absolute atomic E-state index is 0. The van der Waals surface area contributed by atoms with Gasteiger partial charge in [-0.2, -0.15) is 0 Å². The summed E-state index contributed by atoms with van der Waals surface area (Å²) in [6.07, 6.45) is -0.0153. The van der Waals surface area contributed by atoms with Crippen LogP contribution in [0.25, 0.3) is 0 Å². The third-order valence-corrected chi connectivity index (χ3v) is 8.30. The van der Waals surface area contributed by atoms with Gasteiger partial charge in [0.1, 0.15) is 11.6 Å². The maximum atomic E-state index is 11.5. The molecule has 12 heteroatoms. The molecule has 506 valence electrons. The van der Waals surface area contributed by atoms with Crippen LogP contribution in [0.5, 0.6) is 0 Å². The minimum Gasteiger partial charge on any atom is -0.465 e. The van der Waals surface area contributed by atoms with Crippen molar-refractivity contribution < 1.29 is 52.5 Å². The topological polar surface area (TPSA) is 168 Å². The Kier molecular flexibility index (Phi) is 60.0. The van der Waals surface area contributed by atoms with E-state index in [2.05, 4.69) is 5.32 Å². The molecular formula is C70H155NO11. The number of esters is 4. The van der Waals surface area contributed by atoms with Gasteiger partial charge in [0.05, 0.1) is 47.1 Å². The molecule has 0 fully saturated rings. The van der Waals surface area contributed by atoms with E-state index in [0.717, 1.165) is 0 Å². The molecule has 0 aromatic heterocycles. The van der Waals surface area contributed by atoms with Gasteiger partial charge in [0.2, 0.25) is 5.91 Å². The number of hydrogen-bond acceptors (Lipinski definition) is 11. The molecule has 0 bridgehead atoms. The summed E-state index contributed by atoms with van der Waals surface area (Å²) >= 11 is 0. The Bertz CT molecular complexity index is 1540. The van der Waals surface area contributed by atoms with E-state index in [1.807, 2.05) is 277 Å². The van der Waals surface area contributed by atoms with Crippen LogP contribution >= 0.6 is 0 Å². The van der Waals surface area contributed by atoms with Gasteiger partial charge in [-0.1, -0.05) is 197 Å². The molecule has 0 aromatic rings. The first-order valence-corrected chi connectivity index (χ1v) is 27.1. The number of ketones is 2. The molecule has 0 atom stereocenters. The smallest absolute Gasteiger partial charge is 0.311 e. The SMILES string of the molecule is C.C.C.C.C.C.C.CC(C)(C)C(=O)C(C)(C)C.CC(C)(C)C(=O)C(C)(C)C.CC(C)(C)COC(=O)C(C)(C)C.CC(C)(C)COC(=O)C(C)(C)C.CC(C)(C)NC(=O)C(C)(C)C.CC(C)OC(=O)C(C)(C)C.CC(C)OC(=O)C(C)(C)C. The number of nitrogens with one attached hydrogen (secondary N) is 1. The number of amides is 1. The molecule has 82 heavy (non-hydrogen) atoms. The molecule has 1 N–H and O–H groups in total. The largest absolute Gasteiger partial charge is 0.465 e. The maximum Gasteiger partial charge on any atom is 0.311 e. The Hall–Kier alpha value is -3.31. The second-order valence-electron chi connectivity index (χ2n) is 32.8. The lowest BCUT2D eigenvalue weighted by Crippen LogP contribution is -2.46. The van der Waals surface area contributed by atoms with Crippen LogP contribution < -0.4 is 5.32 Å². The molecule has 0 saturated heterocycles. The second kappa shape index (κ2) is 43.3. The number of carbonyl (C=O) groups excluding carboxylic acids is 7. The van der Waals surface area contributed by atoms with Crippen molar-refractivity contribution in [3.63, 3.8) is 0 Å². The lowest BCUT2D eigenvalue weighted by Gasteiger charge is -2.26. The average Bonchev–Trinajstić information content (AvgIpc) is 3.08. The Labute approximate surface area is 516 Å². The van der Waals surface area contributed by atoms with Gasteiger partial charge in [-0.3, -0.25) is 33.6 Å². The highest BCUT2D eigenvalue weighted by molar-refractivity contribution is 5.88. The molecular weight excluding hydrogens is 1030 g/mol. The number of Topliss-reactive ketones (excluding diaryl/α,β-unsaturated/α-hetero) is 2. The molecule has 0 heterocycles. The summed E-state index contributed by atoms with van der Waals surface area (Å²) in [5.41, 5.74) is -2.59. The van der Waals surface area contributed by atoms with Crippen molar-refractivity contribution in [3.05, 3.63) is 0 Å². The van der Waals surface area contributed by atoms with E-state index in [1.54, 1.807) is 0 Å². The lowest BCUT2D eigenvalue weighted by atomic mass is 9.76. The summed E-state index contributed by atoms with van der Waals surface area (Å²) in [6.45, 7) is 78.1. The van der Waals surface area contributed by atoms with E-state index in [4.69, 9.17) is 18.9 Å². The molecule has 1 amide bonds. The van der Waals surface area contributed by atoms with E-state index in [0.29, 0.717) is 24.8 Å². The first-order chi connectivity index (χ1) is 31.9. The predicted molar refractivity (Wildman–Crippen MR) is 363 cm³/mol. The second-order valence-corrected chi connectivity index (χ2v) is 32.8. The fourth-order valence-corrected chi connectivity index (χ4v) is 4.56. The summed E-state index contributed by atoms with van der Waals surface area (Å²) in [6, 6.07) is 0. The summed E-state index contributed by atoms with van der Waals surface area (Å²) < 4.78 is 20.2. The van der Waals surface area contributed by atoms with Crippen molar-refractivity contribution in [2.45, 2.75) is 347 Å². The molecule has 0 aliphatic heterocycles. The van der Waals surface area contributed by atoms with E-state index in [-0.39, 0.29) is 159 Å². The van der Waals surface area contributed by atoms with Gasteiger partial charge >= 0.3 is 23.9 Å². The Balaban J connectivity index is -0.0000000541.